The summed E-state index contributed by atoms with van der Waals surface area (Å²) < 4.78 is 15.3. The largest absolute Gasteiger partial charge is 0.363 e. The summed E-state index contributed by atoms with van der Waals surface area (Å²) in [4.78, 5) is 21.6. The van der Waals surface area contributed by atoms with Crippen molar-refractivity contribution in [2.45, 2.75) is 13.5 Å². The molecule has 0 bridgehead atoms. The van der Waals surface area contributed by atoms with E-state index in [2.05, 4.69) is 36.3 Å². The molecule has 0 saturated carbocycles. The lowest BCUT2D eigenvalue weighted by atomic mass is 10.1. The van der Waals surface area contributed by atoms with E-state index in [0.717, 1.165) is 22.3 Å². The molecule has 5 heterocycles. The number of fused-ring (bicyclic) bond motifs is 1. The summed E-state index contributed by atoms with van der Waals surface area (Å²) in [6, 6.07) is 16.4. The maximum absolute atomic E-state index is 15.3. The average molecular weight is 447 g/mol. The van der Waals surface area contributed by atoms with Gasteiger partial charge in [-0.25, -0.2) is 14.4 Å². The van der Waals surface area contributed by atoms with Crippen LogP contribution in [0.25, 0.3) is 33.5 Å². The van der Waals surface area contributed by atoms with Crippen LogP contribution in [0.4, 0.5) is 10.2 Å². The Balaban J connectivity index is 1.40. The summed E-state index contributed by atoms with van der Waals surface area (Å²) in [5.41, 5.74) is 5.66. The van der Waals surface area contributed by atoms with E-state index in [4.69, 9.17) is 0 Å². The van der Waals surface area contributed by atoms with E-state index < -0.39 is 5.82 Å². The zero-order valence-electron chi connectivity index (χ0n) is 18.2. The van der Waals surface area contributed by atoms with Crippen LogP contribution in [0, 0.1) is 24.1 Å². The molecule has 0 fully saturated rings. The molecule has 0 atom stereocenters. The first kappa shape index (κ1) is 21.1. The number of anilines is 1. The third-order valence-corrected chi connectivity index (χ3v) is 5.32. The Bertz CT molecular complexity index is 1560. The van der Waals surface area contributed by atoms with Crippen LogP contribution in [-0.4, -0.2) is 24.9 Å². The molecular weight excluding hydrogens is 429 g/mol. The first-order chi connectivity index (χ1) is 16.6. The van der Waals surface area contributed by atoms with E-state index in [-0.39, 0.29) is 12.4 Å². The van der Waals surface area contributed by atoms with Crippen molar-refractivity contribution in [1.82, 2.24) is 24.9 Å². The summed E-state index contributed by atoms with van der Waals surface area (Å²) in [5.74, 6) is -0.409. The summed E-state index contributed by atoms with van der Waals surface area (Å²) in [7, 11) is 0. The van der Waals surface area contributed by atoms with Gasteiger partial charge in [-0.1, -0.05) is 0 Å². The van der Waals surface area contributed by atoms with Gasteiger partial charge in [0, 0.05) is 48.2 Å². The minimum Gasteiger partial charge on any atom is -0.363 e. The molecule has 34 heavy (non-hydrogen) atoms. The molecule has 0 unspecified atom stereocenters. The maximum Gasteiger partial charge on any atom is 0.174 e. The Kier molecular flexibility index (Phi) is 5.58. The first-order valence-corrected chi connectivity index (χ1v) is 10.5. The SMILES string of the molecule is Cc1cc(-c2ncc(CNc3nccc(-c4ccc5ncccc5n4)c3F)cc2C#N)ccn1. The van der Waals surface area contributed by atoms with E-state index in [0.29, 0.717) is 28.0 Å². The van der Waals surface area contributed by atoms with Gasteiger partial charge in [-0.2, -0.15) is 5.26 Å². The Morgan fingerprint density at radius 2 is 1.82 bits per heavy atom. The van der Waals surface area contributed by atoms with Gasteiger partial charge in [-0.05, 0) is 61.0 Å². The molecule has 1 N–H and O–H groups in total. The van der Waals surface area contributed by atoms with Gasteiger partial charge in [-0.3, -0.25) is 15.0 Å². The predicted molar refractivity (Wildman–Crippen MR) is 127 cm³/mol. The molecule has 0 aliphatic heterocycles. The number of hydrogen-bond acceptors (Lipinski definition) is 7. The second-order valence-electron chi connectivity index (χ2n) is 7.65. The lowest BCUT2D eigenvalue weighted by Crippen LogP contribution is -2.06. The number of rotatable bonds is 5. The predicted octanol–water partition coefficient (Wildman–Crippen LogP) is 5.08. The summed E-state index contributed by atoms with van der Waals surface area (Å²) in [5, 5.41) is 12.6. The van der Waals surface area contributed by atoms with Gasteiger partial charge in [-0.15, -0.1) is 0 Å². The van der Waals surface area contributed by atoms with Gasteiger partial charge in [0.15, 0.2) is 11.6 Å². The lowest BCUT2D eigenvalue weighted by Gasteiger charge is -2.11. The normalized spacial score (nSPS) is 10.7. The van der Waals surface area contributed by atoms with Crippen LogP contribution in [-0.2, 0) is 6.54 Å². The molecule has 0 saturated heterocycles. The van der Waals surface area contributed by atoms with Crippen molar-refractivity contribution in [3.05, 3.63) is 96.0 Å². The highest BCUT2D eigenvalue weighted by Gasteiger charge is 2.14. The van der Waals surface area contributed by atoms with Crippen molar-refractivity contribution in [3.8, 4) is 28.6 Å². The number of nitrogens with one attached hydrogen (secondary N) is 1. The number of aryl methyl sites for hydroxylation is 1. The fourth-order valence-electron chi connectivity index (χ4n) is 3.67. The summed E-state index contributed by atoms with van der Waals surface area (Å²) in [6.07, 6.45) is 6.57. The smallest absolute Gasteiger partial charge is 0.174 e. The molecule has 0 aliphatic carbocycles. The second-order valence-corrected chi connectivity index (χ2v) is 7.65. The molecule has 0 aliphatic rings. The topological polar surface area (TPSA) is 100 Å². The van der Waals surface area contributed by atoms with Crippen molar-refractivity contribution in [3.63, 3.8) is 0 Å². The highest BCUT2D eigenvalue weighted by atomic mass is 19.1. The molecule has 5 aromatic heterocycles. The van der Waals surface area contributed by atoms with Crippen LogP contribution in [0.1, 0.15) is 16.8 Å². The Hall–Kier alpha value is -4.77. The molecule has 0 radical (unpaired) electrons. The molecular formula is C26H18FN7. The van der Waals surface area contributed by atoms with E-state index in [1.807, 2.05) is 31.2 Å². The molecule has 0 spiro atoms. The Morgan fingerprint density at radius 3 is 2.68 bits per heavy atom. The zero-order valence-corrected chi connectivity index (χ0v) is 18.2. The number of hydrogen-bond donors (Lipinski definition) is 1. The fraction of sp³-hybridized carbons (Fsp3) is 0.0769. The highest BCUT2D eigenvalue weighted by molar-refractivity contribution is 5.78. The maximum atomic E-state index is 15.3. The molecule has 8 heteroatoms. The average Bonchev–Trinajstić information content (AvgIpc) is 2.87. The van der Waals surface area contributed by atoms with Crippen LogP contribution in [0.15, 0.2) is 73.3 Å². The number of aromatic nitrogens is 5. The quantitative estimate of drug-likeness (QED) is 0.401. The van der Waals surface area contributed by atoms with Gasteiger partial charge < -0.3 is 5.32 Å². The lowest BCUT2D eigenvalue weighted by molar-refractivity contribution is 0.627. The van der Waals surface area contributed by atoms with Gasteiger partial charge in [0.2, 0.25) is 0 Å². The molecule has 0 amide bonds. The summed E-state index contributed by atoms with van der Waals surface area (Å²) >= 11 is 0. The van der Waals surface area contributed by atoms with Crippen molar-refractivity contribution >= 4 is 16.9 Å². The zero-order chi connectivity index (χ0) is 23.5. The molecule has 164 valence electrons. The minimum atomic E-state index is -0.504. The standard InChI is InChI=1S/C26H18FN7/c1-16-11-18(6-9-29-16)25-19(13-28)12-17(14-32-25)15-33-26-24(27)20(7-10-31-26)21-4-5-22-23(34-21)3-2-8-30-22/h2-12,14H,15H2,1H3,(H,31,33). The second kappa shape index (κ2) is 9.00. The highest BCUT2D eigenvalue weighted by Crippen LogP contribution is 2.27. The Labute approximate surface area is 195 Å². The van der Waals surface area contributed by atoms with E-state index in [9.17, 15) is 5.26 Å². The van der Waals surface area contributed by atoms with Crippen LogP contribution < -0.4 is 5.32 Å². The third-order valence-electron chi connectivity index (χ3n) is 5.32. The fourth-order valence-corrected chi connectivity index (χ4v) is 3.67. The van der Waals surface area contributed by atoms with Gasteiger partial charge in [0.05, 0.1) is 28.0 Å². The van der Waals surface area contributed by atoms with E-state index in [1.54, 1.807) is 42.9 Å². The number of halogens is 1. The molecule has 5 aromatic rings. The van der Waals surface area contributed by atoms with Crippen LogP contribution in [0.2, 0.25) is 0 Å². The monoisotopic (exact) mass is 447 g/mol. The van der Waals surface area contributed by atoms with Crippen molar-refractivity contribution in [2.24, 2.45) is 0 Å². The van der Waals surface area contributed by atoms with Crippen LogP contribution in [0.5, 0.6) is 0 Å². The van der Waals surface area contributed by atoms with E-state index in [1.165, 1.54) is 6.20 Å². The Morgan fingerprint density at radius 1 is 0.941 bits per heavy atom. The molecule has 0 aromatic carbocycles. The molecule has 7 nitrogen and oxygen atoms in total. The number of pyridine rings is 5. The van der Waals surface area contributed by atoms with Crippen molar-refractivity contribution in [2.75, 3.05) is 5.32 Å². The number of nitrogens with zero attached hydrogens (tertiary/aromatic N) is 6. The van der Waals surface area contributed by atoms with Gasteiger partial charge >= 0.3 is 0 Å². The minimum absolute atomic E-state index is 0.0953. The van der Waals surface area contributed by atoms with Crippen molar-refractivity contribution in [1.29, 1.82) is 5.26 Å². The van der Waals surface area contributed by atoms with E-state index >= 15 is 4.39 Å². The third kappa shape index (κ3) is 4.14. The molecule has 5 rings (SSSR count). The van der Waals surface area contributed by atoms with Crippen LogP contribution in [0.3, 0.4) is 0 Å². The first-order valence-electron chi connectivity index (χ1n) is 10.5. The van der Waals surface area contributed by atoms with Gasteiger partial charge in [0.25, 0.3) is 0 Å². The summed E-state index contributed by atoms with van der Waals surface area (Å²) in [6.45, 7) is 2.13. The van der Waals surface area contributed by atoms with Crippen LogP contribution >= 0.6 is 0 Å². The van der Waals surface area contributed by atoms with Gasteiger partial charge in [0.1, 0.15) is 6.07 Å². The van der Waals surface area contributed by atoms with Crippen molar-refractivity contribution < 1.29 is 4.39 Å². The number of nitriles is 1.